The number of rotatable bonds is 5. The van der Waals surface area contributed by atoms with E-state index in [9.17, 15) is 0 Å². The van der Waals surface area contributed by atoms with Gasteiger partial charge in [0.1, 0.15) is 0 Å². The quantitative estimate of drug-likeness (QED) is 0.616. The average Bonchev–Trinajstić information content (AvgIpc) is 2.72. The Hall–Kier alpha value is -1.52. The normalized spacial score (nSPS) is 13.8. The van der Waals surface area contributed by atoms with E-state index in [2.05, 4.69) is 48.4 Å². The minimum absolute atomic E-state index is 0.400. The maximum atomic E-state index is 4.56. The summed E-state index contributed by atoms with van der Waals surface area (Å²) in [4.78, 5) is 4.56. The number of nitrogens with zero attached hydrogens (tertiary/aromatic N) is 3. The van der Waals surface area contributed by atoms with Crippen molar-refractivity contribution in [2.24, 2.45) is 18.0 Å². The molecule has 1 aromatic heterocycles. The summed E-state index contributed by atoms with van der Waals surface area (Å²) in [6.45, 7) is 10.1. The summed E-state index contributed by atoms with van der Waals surface area (Å²) < 4.78 is 1.79. The predicted octanol–water partition coefficient (Wildman–Crippen LogP) is 1.52. The van der Waals surface area contributed by atoms with Crippen LogP contribution in [0.2, 0.25) is 0 Å². The molecule has 0 amide bonds. The van der Waals surface area contributed by atoms with Gasteiger partial charge in [0.15, 0.2) is 5.96 Å². The Morgan fingerprint density at radius 2 is 2.17 bits per heavy atom. The summed E-state index contributed by atoms with van der Waals surface area (Å²) in [7, 11) is 1.91. The molecule has 0 saturated carbocycles. The zero-order chi connectivity index (χ0) is 13.5. The van der Waals surface area contributed by atoms with E-state index in [-0.39, 0.29) is 0 Å². The topological polar surface area (TPSA) is 54.2 Å². The third-order valence-corrected chi connectivity index (χ3v) is 2.89. The van der Waals surface area contributed by atoms with E-state index >= 15 is 0 Å². The molecular formula is C13H25N5. The average molecular weight is 251 g/mol. The van der Waals surface area contributed by atoms with Crippen molar-refractivity contribution >= 4 is 5.96 Å². The molecule has 5 heteroatoms. The van der Waals surface area contributed by atoms with E-state index < -0.39 is 0 Å². The van der Waals surface area contributed by atoms with Crippen molar-refractivity contribution in [2.45, 2.75) is 40.3 Å². The third kappa shape index (κ3) is 4.77. The summed E-state index contributed by atoms with van der Waals surface area (Å²) in [6.07, 6.45) is 3.83. The van der Waals surface area contributed by atoms with Crippen LogP contribution in [0.1, 0.15) is 33.3 Å². The Bertz CT molecular complexity index is 380. The molecule has 0 aliphatic heterocycles. The van der Waals surface area contributed by atoms with Crippen LogP contribution in [0.25, 0.3) is 0 Å². The first-order valence-electron chi connectivity index (χ1n) is 6.55. The Morgan fingerprint density at radius 3 is 2.67 bits per heavy atom. The van der Waals surface area contributed by atoms with Crippen molar-refractivity contribution in [1.82, 2.24) is 20.4 Å². The van der Waals surface area contributed by atoms with Crippen molar-refractivity contribution in [2.75, 3.05) is 6.54 Å². The summed E-state index contributed by atoms with van der Waals surface area (Å²) in [6, 6.07) is 0.400. The lowest BCUT2D eigenvalue weighted by Crippen LogP contribution is -2.44. The molecule has 0 radical (unpaired) electrons. The van der Waals surface area contributed by atoms with Gasteiger partial charge < -0.3 is 10.6 Å². The standard InChI is InChI=1S/C13H25N5/c1-6-14-13(17-11(4)10(2)3)15-7-12-8-16-18(5)9-12/h8-11H,6-7H2,1-5H3,(H2,14,15,17). The molecule has 0 aliphatic carbocycles. The fraction of sp³-hybridized carbons (Fsp3) is 0.692. The fourth-order valence-corrected chi connectivity index (χ4v) is 1.43. The second-order valence-electron chi connectivity index (χ2n) is 4.89. The molecule has 102 valence electrons. The molecule has 0 saturated heterocycles. The van der Waals surface area contributed by atoms with Gasteiger partial charge in [-0.1, -0.05) is 13.8 Å². The second kappa shape index (κ2) is 7.03. The molecule has 0 spiro atoms. The molecule has 1 aromatic rings. The first-order valence-corrected chi connectivity index (χ1v) is 6.55. The van der Waals surface area contributed by atoms with Gasteiger partial charge in [0, 0.05) is 31.4 Å². The van der Waals surface area contributed by atoms with E-state index in [0.717, 1.165) is 18.1 Å². The summed E-state index contributed by atoms with van der Waals surface area (Å²) >= 11 is 0. The highest BCUT2D eigenvalue weighted by molar-refractivity contribution is 5.80. The van der Waals surface area contributed by atoms with Crippen LogP contribution in [0.15, 0.2) is 17.4 Å². The van der Waals surface area contributed by atoms with Gasteiger partial charge >= 0.3 is 0 Å². The van der Waals surface area contributed by atoms with Crippen LogP contribution < -0.4 is 10.6 Å². The molecule has 18 heavy (non-hydrogen) atoms. The van der Waals surface area contributed by atoms with Crippen LogP contribution in [0, 0.1) is 5.92 Å². The minimum atomic E-state index is 0.400. The molecule has 0 fully saturated rings. The van der Waals surface area contributed by atoms with E-state index in [0.29, 0.717) is 18.5 Å². The number of hydrogen-bond acceptors (Lipinski definition) is 2. The van der Waals surface area contributed by atoms with Crippen LogP contribution in [0.3, 0.4) is 0 Å². The van der Waals surface area contributed by atoms with Crippen LogP contribution in [0.4, 0.5) is 0 Å². The van der Waals surface area contributed by atoms with Crippen LogP contribution in [0.5, 0.6) is 0 Å². The monoisotopic (exact) mass is 251 g/mol. The lowest BCUT2D eigenvalue weighted by Gasteiger charge is -2.20. The lowest BCUT2D eigenvalue weighted by atomic mass is 10.1. The summed E-state index contributed by atoms with van der Waals surface area (Å²) in [5.74, 6) is 1.44. The van der Waals surface area contributed by atoms with Crippen LogP contribution in [-0.4, -0.2) is 28.3 Å². The molecule has 1 atom stereocenters. The van der Waals surface area contributed by atoms with Crippen molar-refractivity contribution in [1.29, 1.82) is 0 Å². The molecule has 0 bridgehead atoms. The number of aromatic nitrogens is 2. The second-order valence-corrected chi connectivity index (χ2v) is 4.89. The molecule has 1 rings (SSSR count). The zero-order valence-corrected chi connectivity index (χ0v) is 12.1. The van der Waals surface area contributed by atoms with Crippen LogP contribution >= 0.6 is 0 Å². The largest absolute Gasteiger partial charge is 0.357 e. The van der Waals surface area contributed by atoms with Gasteiger partial charge in [0.25, 0.3) is 0 Å². The number of hydrogen-bond donors (Lipinski definition) is 2. The first kappa shape index (κ1) is 14.5. The Labute approximate surface area is 110 Å². The highest BCUT2D eigenvalue weighted by Gasteiger charge is 2.08. The highest BCUT2D eigenvalue weighted by Crippen LogP contribution is 2.01. The smallest absolute Gasteiger partial charge is 0.191 e. The SMILES string of the molecule is CCNC(=NCc1cnn(C)c1)NC(C)C(C)C. The molecule has 1 heterocycles. The Kier molecular flexibility index (Phi) is 5.68. The third-order valence-electron chi connectivity index (χ3n) is 2.89. The van der Waals surface area contributed by atoms with Gasteiger partial charge in [-0.3, -0.25) is 4.68 Å². The van der Waals surface area contributed by atoms with Gasteiger partial charge in [0.05, 0.1) is 12.7 Å². The Morgan fingerprint density at radius 1 is 1.44 bits per heavy atom. The van der Waals surface area contributed by atoms with Gasteiger partial charge in [-0.15, -0.1) is 0 Å². The van der Waals surface area contributed by atoms with Gasteiger partial charge in [0.2, 0.25) is 0 Å². The highest BCUT2D eigenvalue weighted by atomic mass is 15.2. The summed E-state index contributed by atoms with van der Waals surface area (Å²) in [5.41, 5.74) is 1.12. The van der Waals surface area contributed by atoms with E-state index in [1.54, 1.807) is 4.68 Å². The van der Waals surface area contributed by atoms with Crippen molar-refractivity contribution < 1.29 is 0 Å². The van der Waals surface area contributed by atoms with Crippen molar-refractivity contribution in [3.63, 3.8) is 0 Å². The van der Waals surface area contributed by atoms with Gasteiger partial charge in [-0.2, -0.15) is 5.10 Å². The van der Waals surface area contributed by atoms with E-state index in [1.807, 2.05) is 19.4 Å². The van der Waals surface area contributed by atoms with Gasteiger partial charge in [-0.05, 0) is 19.8 Å². The number of aliphatic imine (C=N–C) groups is 1. The van der Waals surface area contributed by atoms with E-state index in [1.165, 1.54) is 0 Å². The maximum Gasteiger partial charge on any atom is 0.191 e. The van der Waals surface area contributed by atoms with Crippen LogP contribution in [-0.2, 0) is 13.6 Å². The minimum Gasteiger partial charge on any atom is -0.357 e. The lowest BCUT2D eigenvalue weighted by molar-refractivity contribution is 0.481. The van der Waals surface area contributed by atoms with Crippen molar-refractivity contribution in [3.8, 4) is 0 Å². The first-order chi connectivity index (χ1) is 8.52. The summed E-state index contributed by atoms with van der Waals surface area (Å²) in [5, 5.41) is 10.8. The fourth-order valence-electron chi connectivity index (χ4n) is 1.43. The molecule has 5 nitrogen and oxygen atoms in total. The maximum absolute atomic E-state index is 4.56. The molecule has 0 aliphatic rings. The van der Waals surface area contributed by atoms with Crippen molar-refractivity contribution in [3.05, 3.63) is 18.0 Å². The number of nitrogens with one attached hydrogen (secondary N) is 2. The zero-order valence-electron chi connectivity index (χ0n) is 12.1. The number of guanidine groups is 1. The predicted molar refractivity (Wildman–Crippen MR) is 75.5 cm³/mol. The molecule has 2 N–H and O–H groups in total. The Balaban J connectivity index is 2.60. The van der Waals surface area contributed by atoms with Gasteiger partial charge in [-0.25, -0.2) is 4.99 Å². The molecular weight excluding hydrogens is 226 g/mol. The number of aryl methyl sites for hydroxylation is 1. The molecule has 0 aromatic carbocycles. The van der Waals surface area contributed by atoms with E-state index in [4.69, 9.17) is 0 Å². The molecule has 1 unspecified atom stereocenters.